The van der Waals surface area contributed by atoms with Gasteiger partial charge in [0.15, 0.2) is 9.84 Å². The van der Waals surface area contributed by atoms with Crippen LogP contribution in [0.3, 0.4) is 0 Å². The lowest BCUT2D eigenvalue weighted by atomic mass is 10.0. The fourth-order valence-corrected chi connectivity index (χ4v) is 5.29. The summed E-state index contributed by atoms with van der Waals surface area (Å²) in [5.41, 5.74) is 1.19. The molecule has 144 valence electrons. The van der Waals surface area contributed by atoms with Crippen LogP contribution in [0.2, 0.25) is 0 Å². The fourth-order valence-electron chi connectivity index (χ4n) is 3.90. The molecule has 2 atom stereocenters. The second kappa shape index (κ2) is 8.00. The minimum atomic E-state index is -3.49. The molecule has 2 heterocycles. The summed E-state index contributed by atoms with van der Waals surface area (Å²) in [7, 11) is -3.49. The van der Waals surface area contributed by atoms with Gasteiger partial charge in [0, 0.05) is 31.7 Å². The number of halogens is 1. The van der Waals surface area contributed by atoms with Gasteiger partial charge in [-0.05, 0) is 35.6 Å². The molecule has 0 aromatic heterocycles. The van der Waals surface area contributed by atoms with Gasteiger partial charge in [-0.3, -0.25) is 4.79 Å². The molecular formula is C20H23ClN2O3S. The van der Waals surface area contributed by atoms with Gasteiger partial charge in [-0.2, -0.15) is 0 Å². The Hall–Kier alpha value is -1.89. The van der Waals surface area contributed by atoms with Crippen LogP contribution in [0.25, 0.3) is 0 Å². The summed E-state index contributed by atoms with van der Waals surface area (Å²) in [6.45, 7) is 3.41. The molecule has 1 N–H and O–H groups in total. The van der Waals surface area contributed by atoms with Crippen molar-refractivity contribution in [3.63, 3.8) is 0 Å². The molecular weight excluding hydrogens is 384 g/mol. The lowest BCUT2D eigenvalue weighted by Crippen LogP contribution is -2.31. The van der Waals surface area contributed by atoms with Gasteiger partial charge in [0.25, 0.3) is 5.91 Å². The van der Waals surface area contributed by atoms with Crippen LogP contribution < -0.4 is 5.32 Å². The Morgan fingerprint density at radius 1 is 1.00 bits per heavy atom. The number of carbonyl (C=O) groups is 1. The maximum atomic E-state index is 12.8. The largest absolute Gasteiger partial charge is 0.338 e. The number of likely N-dealkylation sites (tertiary alicyclic amines) is 1. The van der Waals surface area contributed by atoms with Gasteiger partial charge >= 0.3 is 0 Å². The number of rotatable bonds is 4. The number of sulfone groups is 1. The van der Waals surface area contributed by atoms with Crippen LogP contribution in [0.4, 0.5) is 0 Å². The van der Waals surface area contributed by atoms with E-state index in [-0.39, 0.29) is 29.0 Å². The topological polar surface area (TPSA) is 66.5 Å². The molecule has 2 aliphatic rings. The van der Waals surface area contributed by atoms with Gasteiger partial charge in [0.05, 0.1) is 10.6 Å². The van der Waals surface area contributed by atoms with Crippen LogP contribution in [0.15, 0.2) is 59.5 Å². The normalized spacial score (nSPS) is 21.6. The number of fused-ring (bicyclic) bond motifs is 1. The predicted octanol–water partition coefficient (Wildman–Crippen LogP) is 2.37. The molecule has 0 aliphatic carbocycles. The van der Waals surface area contributed by atoms with Crippen LogP contribution in [0.5, 0.6) is 0 Å². The lowest BCUT2D eigenvalue weighted by Gasteiger charge is -2.18. The van der Waals surface area contributed by atoms with Gasteiger partial charge in [-0.15, -0.1) is 12.4 Å². The van der Waals surface area contributed by atoms with Crippen molar-refractivity contribution in [3.8, 4) is 0 Å². The fraction of sp³-hybridized carbons (Fsp3) is 0.350. The van der Waals surface area contributed by atoms with Gasteiger partial charge in [-0.25, -0.2) is 8.42 Å². The zero-order chi connectivity index (χ0) is 18.1. The first-order chi connectivity index (χ1) is 12.5. The van der Waals surface area contributed by atoms with Crippen molar-refractivity contribution in [2.45, 2.75) is 10.6 Å². The Labute approximate surface area is 166 Å². The first kappa shape index (κ1) is 19.9. The third kappa shape index (κ3) is 4.18. The molecule has 0 saturated carbocycles. The number of hydrogen-bond donors (Lipinski definition) is 1. The van der Waals surface area contributed by atoms with Crippen molar-refractivity contribution >= 4 is 28.2 Å². The zero-order valence-corrected chi connectivity index (χ0v) is 16.5. The average Bonchev–Trinajstić information content (AvgIpc) is 3.24. The van der Waals surface area contributed by atoms with Crippen molar-refractivity contribution in [1.29, 1.82) is 0 Å². The van der Waals surface area contributed by atoms with Gasteiger partial charge in [0.1, 0.15) is 0 Å². The van der Waals surface area contributed by atoms with Gasteiger partial charge in [0.2, 0.25) is 0 Å². The average molecular weight is 407 g/mol. The monoisotopic (exact) mass is 406 g/mol. The minimum absolute atomic E-state index is 0. The number of carbonyl (C=O) groups excluding carboxylic acids is 1. The van der Waals surface area contributed by atoms with Crippen molar-refractivity contribution in [1.82, 2.24) is 10.2 Å². The van der Waals surface area contributed by atoms with Crippen molar-refractivity contribution < 1.29 is 13.2 Å². The van der Waals surface area contributed by atoms with Crippen LogP contribution in [0.1, 0.15) is 15.9 Å². The Bertz CT molecular complexity index is 906. The summed E-state index contributed by atoms with van der Waals surface area (Å²) < 4.78 is 25.4. The zero-order valence-electron chi connectivity index (χ0n) is 14.9. The SMILES string of the molecule is Cl.O=C(c1cccc(S(=O)(=O)Cc2ccccc2)c1)N1C[C@H]2CNC[C@H]2C1. The molecule has 0 radical (unpaired) electrons. The minimum Gasteiger partial charge on any atom is -0.338 e. The third-order valence-corrected chi connectivity index (χ3v) is 7.00. The van der Waals surface area contributed by atoms with E-state index in [2.05, 4.69) is 5.32 Å². The standard InChI is InChI=1S/C20H22N2O3S.ClH/c23-20(22-12-17-10-21-11-18(17)13-22)16-7-4-8-19(9-16)26(24,25)14-15-5-2-1-3-6-15;/h1-9,17-18,21H,10-14H2;1H/t17-,18+;. The van der Waals surface area contributed by atoms with Crippen molar-refractivity contribution in [3.05, 3.63) is 65.7 Å². The van der Waals surface area contributed by atoms with E-state index in [1.807, 2.05) is 23.1 Å². The predicted molar refractivity (Wildman–Crippen MR) is 107 cm³/mol. The highest BCUT2D eigenvalue weighted by Gasteiger charge is 2.38. The first-order valence-corrected chi connectivity index (χ1v) is 10.5. The van der Waals surface area contributed by atoms with E-state index in [4.69, 9.17) is 0 Å². The third-order valence-electron chi connectivity index (χ3n) is 5.32. The highest BCUT2D eigenvalue weighted by Crippen LogP contribution is 2.28. The molecule has 0 bridgehead atoms. The van der Waals surface area contributed by atoms with E-state index in [1.54, 1.807) is 30.3 Å². The maximum Gasteiger partial charge on any atom is 0.253 e. The highest BCUT2D eigenvalue weighted by atomic mass is 35.5. The van der Waals surface area contributed by atoms with Crippen LogP contribution >= 0.6 is 12.4 Å². The molecule has 4 rings (SSSR count). The van der Waals surface area contributed by atoms with Crippen molar-refractivity contribution in [2.24, 2.45) is 11.8 Å². The molecule has 2 fully saturated rings. The van der Waals surface area contributed by atoms with Crippen LogP contribution in [-0.4, -0.2) is 45.4 Å². The van der Waals surface area contributed by atoms with Gasteiger partial charge < -0.3 is 10.2 Å². The smallest absolute Gasteiger partial charge is 0.253 e. The van der Waals surface area contributed by atoms with Crippen molar-refractivity contribution in [2.75, 3.05) is 26.2 Å². The van der Waals surface area contributed by atoms with E-state index in [0.29, 0.717) is 17.4 Å². The number of amides is 1. The molecule has 5 nitrogen and oxygen atoms in total. The molecule has 2 aromatic rings. The highest BCUT2D eigenvalue weighted by molar-refractivity contribution is 7.90. The quantitative estimate of drug-likeness (QED) is 0.846. The molecule has 1 amide bonds. The number of hydrogen-bond acceptors (Lipinski definition) is 4. The van der Waals surface area contributed by atoms with E-state index in [9.17, 15) is 13.2 Å². The molecule has 0 spiro atoms. The maximum absolute atomic E-state index is 12.8. The Morgan fingerprint density at radius 2 is 1.67 bits per heavy atom. The second-order valence-electron chi connectivity index (χ2n) is 7.16. The van der Waals surface area contributed by atoms with Crippen LogP contribution in [0, 0.1) is 11.8 Å². The summed E-state index contributed by atoms with van der Waals surface area (Å²) in [6, 6.07) is 15.5. The Kier molecular flexibility index (Phi) is 5.89. The second-order valence-corrected chi connectivity index (χ2v) is 9.15. The summed E-state index contributed by atoms with van der Waals surface area (Å²) in [5, 5.41) is 3.36. The van der Waals surface area contributed by atoms with E-state index in [1.165, 1.54) is 6.07 Å². The Morgan fingerprint density at radius 3 is 2.33 bits per heavy atom. The molecule has 2 saturated heterocycles. The van der Waals surface area contributed by atoms with E-state index >= 15 is 0 Å². The van der Waals surface area contributed by atoms with E-state index < -0.39 is 9.84 Å². The first-order valence-electron chi connectivity index (χ1n) is 8.90. The number of nitrogens with zero attached hydrogens (tertiary/aromatic N) is 1. The Balaban J connectivity index is 0.00000210. The van der Waals surface area contributed by atoms with Gasteiger partial charge in [-0.1, -0.05) is 36.4 Å². The molecule has 27 heavy (non-hydrogen) atoms. The molecule has 7 heteroatoms. The summed E-state index contributed by atoms with van der Waals surface area (Å²) in [5.74, 6) is 0.898. The summed E-state index contributed by atoms with van der Waals surface area (Å²) in [4.78, 5) is 14.9. The molecule has 0 unspecified atom stereocenters. The van der Waals surface area contributed by atoms with Crippen LogP contribution in [-0.2, 0) is 15.6 Å². The van der Waals surface area contributed by atoms with E-state index in [0.717, 1.165) is 31.7 Å². The summed E-state index contributed by atoms with van der Waals surface area (Å²) >= 11 is 0. The molecule has 2 aliphatic heterocycles. The lowest BCUT2D eigenvalue weighted by molar-refractivity contribution is 0.0781. The number of nitrogens with one attached hydrogen (secondary N) is 1. The summed E-state index contributed by atoms with van der Waals surface area (Å²) in [6.07, 6.45) is 0. The number of benzene rings is 2. The molecule has 2 aromatic carbocycles.